The molecule has 0 aliphatic carbocycles. The lowest BCUT2D eigenvalue weighted by molar-refractivity contribution is 0.475. The number of nitrogens with one attached hydrogen (secondary N) is 1. The summed E-state index contributed by atoms with van der Waals surface area (Å²) in [5, 5.41) is 0. The molecule has 1 aliphatic rings. The van der Waals surface area contributed by atoms with Gasteiger partial charge >= 0.3 is 0 Å². The smallest absolute Gasteiger partial charge is 0.211 e. The van der Waals surface area contributed by atoms with Crippen LogP contribution in [0.5, 0.6) is 0 Å². The van der Waals surface area contributed by atoms with Gasteiger partial charge in [-0.1, -0.05) is 6.92 Å². The van der Waals surface area contributed by atoms with Crippen LogP contribution in [0.25, 0.3) is 0 Å². The standard InChI is InChI=1S/C10H20ClNO2S2/c1-9(6-11)8-16(13,14)12-7-10-2-4-15-5-3-10/h9-10,12H,2-8H2,1H3. The lowest BCUT2D eigenvalue weighted by atomic mass is 10.0. The zero-order valence-corrected chi connectivity index (χ0v) is 12.0. The van der Waals surface area contributed by atoms with Gasteiger partial charge in [0.25, 0.3) is 0 Å². The van der Waals surface area contributed by atoms with E-state index in [4.69, 9.17) is 11.6 Å². The molecule has 1 rings (SSSR count). The van der Waals surface area contributed by atoms with E-state index < -0.39 is 10.0 Å². The second-order valence-corrected chi connectivity index (χ2v) is 7.83. The van der Waals surface area contributed by atoms with Crippen molar-refractivity contribution in [2.24, 2.45) is 11.8 Å². The van der Waals surface area contributed by atoms with Gasteiger partial charge in [0.05, 0.1) is 5.75 Å². The molecule has 0 amide bonds. The Morgan fingerprint density at radius 1 is 1.44 bits per heavy atom. The molecule has 0 saturated carbocycles. The molecule has 1 unspecified atom stereocenters. The molecule has 1 aliphatic heterocycles. The van der Waals surface area contributed by atoms with E-state index in [-0.39, 0.29) is 11.7 Å². The summed E-state index contributed by atoms with van der Waals surface area (Å²) < 4.78 is 26.0. The second-order valence-electron chi connectivity index (χ2n) is 4.45. The molecule has 0 aromatic rings. The van der Waals surface area contributed by atoms with Crippen molar-refractivity contribution in [1.29, 1.82) is 0 Å². The quantitative estimate of drug-likeness (QED) is 0.759. The maximum atomic E-state index is 11.7. The van der Waals surface area contributed by atoms with E-state index in [1.165, 1.54) is 0 Å². The first-order valence-corrected chi connectivity index (χ1v) is 8.98. The Morgan fingerprint density at radius 3 is 2.62 bits per heavy atom. The van der Waals surface area contributed by atoms with Crippen LogP contribution in [0.4, 0.5) is 0 Å². The highest BCUT2D eigenvalue weighted by atomic mass is 35.5. The first-order valence-electron chi connectivity index (χ1n) is 5.64. The van der Waals surface area contributed by atoms with Gasteiger partial charge in [-0.25, -0.2) is 13.1 Å². The minimum atomic E-state index is -3.13. The molecule has 16 heavy (non-hydrogen) atoms. The molecule has 0 radical (unpaired) electrons. The molecule has 6 heteroatoms. The van der Waals surface area contributed by atoms with E-state index in [1.54, 1.807) is 0 Å². The third-order valence-corrected chi connectivity index (χ3v) is 5.89. The molecule has 1 fully saturated rings. The third-order valence-electron chi connectivity index (χ3n) is 2.70. The van der Waals surface area contributed by atoms with Crippen molar-refractivity contribution in [1.82, 2.24) is 4.72 Å². The molecule has 1 N–H and O–H groups in total. The van der Waals surface area contributed by atoms with Crippen molar-refractivity contribution in [3.8, 4) is 0 Å². The van der Waals surface area contributed by atoms with Crippen molar-refractivity contribution in [3.05, 3.63) is 0 Å². The third kappa shape index (κ3) is 5.75. The Morgan fingerprint density at radius 2 is 2.06 bits per heavy atom. The maximum Gasteiger partial charge on any atom is 0.211 e. The average Bonchev–Trinajstić information content (AvgIpc) is 2.27. The van der Waals surface area contributed by atoms with Crippen molar-refractivity contribution >= 4 is 33.4 Å². The zero-order chi connectivity index (χ0) is 12.0. The molecule has 0 spiro atoms. The molecule has 1 heterocycles. The van der Waals surface area contributed by atoms with Gasteiger partial charge in [-0.15, -0.1) is 11.6 Å². The van der Waals surface area contributed by atoms with Crippen LogP contribution >= 0.6 is 23.4 Å². The Kier molecular flexibility index (Phi) is 6.47. The number of hydrogen-bond acceptors (Lipinski definition) is 3. The number of sulfonamides is 1. The normalized spacial score (nSPS) is 20.9. The molecule has 1 atom stereocenters. The predicted molar refractivity (Wildman–Crippen MR) is 71.7 cm³/mol. The van der Waals surface area contributed by atoms with E-state index in [0.29, 0.717) is 18.3 Å². The van der Waals surface area contributed by atoms with E-state index in [0.717, 1.165) is 24.3 Å². The van der Waals surface area contributed by atoms with E-state index in [9.17, 15) is 8.42 Å². The molecular weight excluding hydrogens is 266 g/mol. The number of hydrogen-bond donors (Lipinski definition) is 1. The van der Waals surface area contributed by atoms with Gasteiger partial charge in [-0.3, -0.25) is 0 Å². The van der Waals surface area contributed by atoms with Gasteiger partial charge in [0.2, 0.25) is 10.0 Å². The summed E-state index contributed by atoms with van der Waals surface area (Å²) in [6.45, 7) is 2.45. The van der Waals surface area contributed by atoms with E-state index in [2.05, 4.69) is 4.72 Å². The van der Waals surface area contributed by atoms with Crippen LogP contribution in [0.15, 0.2) is 0 Å². The van der Waals surface area contributed by atoms with Crippen molar-refractivity contribution in [3.63, 3.8) is 0 Å². The minimum absolute atomic E-state index is 0.0149. The number of thioether (sulfide) groups is 1. The zero-order valence-electron chi connectivity index (χ0n) is 9.62. The highest BCUT2D eigenvalue weighted by Crippen LogP contribution is 2.22. The van der Waals surface area contributed by atoms with Crippen LogP contribution in [-0.2, 0) is 10.0 Å². The van der Waals surface area contributed by atoms with Crippen LogP contribution in [0.3, 0.4) is 0 Å². The van der Waals surface area contributed by atoms with Crippen LogP contribution in [0.2, 0.25) is 0 Å². The average molecular weight is 286 g/mol. The molecule has 1 saturated heterocycles. The fourth-order valence-corrected chi connectivity index (χ4v) is 4.59. The monoisotopic (exact) mass is 285 g/mol. The van der Waals surface area contributed by atoms with Crippen LogP contribution in [-0.4, -0.2) is 38.1 Å². The SMILES string of the molecule is CC(CCl)CS(=O)(=O)NCC1CCSCC1. The number of alkyl halides is 1. The molecule has 0 aromatic carbocycles. The van der Waals surface area contributed by atoms with Crippen molar-refractivity contribution in [2.75, 3.05) is 29.7 Å². The summed E-state index contributed by atoms with van der Waals surface area (Å²) in [4.78, 5) is 0. The Labute approximate surface area is 108 Å². The van der Waals surface area contributed by atoms with Crippen LogP contribution in [0.1, 0.15) is 19.8 Å². The summed E-state index contributed by atoms with van der Waals surface area (Å²) in [6, 6.07) is 0. The van der Waals surface area contributed by atoms with Gasteiger partial charge in [0.1, 0.15) is 0 Å². The second kappa shape index (κ2) is 7.09. The highest BCUT2D eigenvalue weighted by molar-refractivity contribution is 7.99. The molecule has 3 nitrogen and oxygen atoms in total. The summed E-state index contributed by atoms with van der Waals surface area (Å²) in [5.74, 6) is 3.37. The van der Waals surface area contributed by atoms with Crippen LogP contribution < -0.4 is 4.72 Å². The van der Waals surface area contributed by atoms with Crippen LogP contribution in [0, 0.1) is 11.8 Å². The minimum Gasteiger partial charge on any atom is -0.215 e. The predicted octanol–water partition coefficient (Wildman–Crippen LogP) is 1.92. The molecule has 0 bridgehead atoms. The Hall–Kier alpha value is 0.550. The van der Waals surface area contributed by atoms with Gasteiger partial charge in [-0.05, 0) is 36.2 Å². The number of rotatable bonds is 6. The summed E-state index contributed by atoms with van der Waals surface area (Å²) in [7, 11) is -3.13. The number of halogens is 1. The van der Waals surface area contributed by atoms with E-state index >= 15 is 0 Å². The van der Waals surface area contributed by atoms with Gasteiger partial charge in [0.15, 0.2) is 0 Å². The molecule has 0 aromatic heterocycles. The Bertz CT molecular complexity index is 289. The summed E-state index contributed by atoms with van der Waals surface area (Å²) in [6.07, 6.45) is 2.25. The Balaban J connectivity index is 2.29. The van der Waals surface area contributed by atoms with Crippen molar-refractivity contribution in [2.45, 2.75) is 19.8 Å². The first kappa shape index (κ1) is 14.6. The first-order chi connectivity index (χ1) is 7.53. The lowest BCUT2D eigenvalue weighted by Gasteiger charge is -2.21. The largest absolute Gasteiger partial charge is 0.215 e. The topological polar surface area (TPSA) is 46.2 Å². The maximum absolute atomic E-state index is 11.7. The van der Waals surface area contributed by atoms with Gasteiger partial charge in [-0.2, -0.15) is 11.8 Å². The van der Waals surface area contributed by atoms with Gasteiger partial charge < -0.3 is 0 Å². The lowest BCUT2D eigenvalue weighted by Crippen LogP contribution is -2.34. The van der Waals surface area contributed by atoms with E-state index in [1.807, 2.05) is 18.7 Å². The fourth-order valence-electron chi connectivity index (χ4n) is 1.67. The summed E-state index contributed by atoms with van der Waals surface area (Å²) >= 11 is 7.56. The summed E-state index contributed by atoms with van der Waals surface area (Å²) in [5.41, 5.74) is 0. The molecule has 96 valence electrons. The molecular formula is C10H20ClNO2S2. The fraction of sp³-hybridized carbons (Fsp3) is 1.00. The van der Waals surface area contributed by atoms with Gasteiger partial charge in [0, 0.05) is 12.4 Å². The van der Waals surface area contributed by atoms with Crippen molar-refractivity contribution < 1.29 is 8.42 Å². The highest BCUT2D eigenvalue weighted by Gasteiger charge is 2.19.